The van der Waals surface area contributed by atoms with Crippen molar-refractivity contribution in [2.24, 2.45) is 0 Å². The largest absolute Gasteiger partial charge is 0.497 e. The van der Waals surface area contributed by atoms with Crippen molar-refractivity contribution in [1.82, 2.24) is 0 Å². The number of ether oxygens (including phenoxy) is 3. The zero-order valence-electron chi connectivity index (χ0n) is 12.8. The molecule has 0 aliphatic heterocycles. The highest BCUT2D eigenvalue weighted by molar-refractivity contribution is 6.47. The first-order valence-corrected chi connectivity index (χ1v) is 6.77. The third-order valence-electron chi connectivity index (χ3n) is 2.63. The van der Waals surface area contributed by atoms with Gasteiger partial charge in [0, 0.05) is 0 Å². The van der Waals surface area contributed by atoms with Gasteiger partial charge in [-0.25, -0.2) is 9.59 Å². The summed E-state index contributed by atoms with van der Waals surface area (Å²) in [5.74, 6) is -2.35. The lowest BCUT2D eigenvalue weighted by Crippen LogP contribution is -2.25. The van der Waals surface area contributed by atoms with Gasteiger partial charge in [0.1, 0.15) is 11.3 Å². The number of hydrogen-bond acceptors (Lipinski definition) is 6. The van der Waals surface area contributed by atoms with E-state index in [1.54, 1.807) is 38.1 Å². The van der Waals surface area contributed by atoms with E-state index in [4.69, 9.17) is 9.47 Å². The number of carbonyl (C=O) groups excluding carboxylic acids is 3. The van der Waals surface area contributed by atoms with Crippen LogP contribution in [0.2, 0.25) is 0 Å². The zero-order valence-corrected chi connectivity index (χ0v) is 12.8. The Morgan fingerprint density at radius 3 is 2.00 bits per heavy atom. The summed E-state index contributed by atoms with van der Waals surface area (Å²) in [6.45, 7) is 3.32. The van der Waals surface area contributed by atoms with E-state index < -0.39 is 17.7 Å². The number of methoxy groups -OCH3 is 1. The number of ketones is 1. The van der Waals surface area contributed by atoms with E-state index in [1.165, 1.54) is 13.2 Å². The molecule has 0 amide bonds. The molecule has 0 radical (unpaired) electrons. The Bertz CT molecular complexity index is 571. The Morgan fingerprint density at radius 2 is 1.50 bits per heavy atom. The predicted molar refractivity (Wildman–Crippen MR) is 79.2 cm³/mol. The molecule has 0 aliphatic rings. The van der Waals surface area contributed by atoms with Crippen LogP contribution in [0.3, 0.4) is 0 Å². The Morgan fingerprint density at radius 1 is 0.955 bits per heavy atom. The molecule has 0 spiro atoms. The number of carbonyl (C=O) groups is 3. The second kappa shape index (κ2) is 8.61. The van der Waals surface area contributed by atoms with E-state index in [1.807, 2.05) is 0 Å². The van der Waals surface area contributed by atoms with E-state index in [0.717, 1.165) is 0 Å². The van der Waals surface area contributed by atoms with Crippen LogP contribution in [-0.4, -0.2) is 38.0 Å². The fourth-order valence-corrected chi connectivity index (χ4v) is 1.60. The van der Waals surface area contributed by atoms with Crippen molar-refractivity contribution in [1.29, 1.82) is 0 Å². The Kier molecular flexibility index (Phi) is 6.82. The first-order valence-electron chi connectivity index (χ1n) is 6.77. The van der Waals surface area contributed by atoms with Crippen LogP contribution in [0.4, 0.5) is 0 Å². The van der Waals surface area contributed by atoms with Gasteiger partial charge < -0.3 is 14.2 Å². The molecule has 0 aromatic heterocycles. The summed E-state index contributed by atoms with van der Waals surface area (Å²) in [7, 11) is 1.53. The molecule has 0 saturated heterocycles. The lowest BCUT2D eigenvalue weighted by atomic mass is 10.1. The molecule has 6 nitrogen and oxygen atoms in total. The first-order chi connectivity index (χ1) is 10.5. The van der Waals surface area contributed by atoms with Crippen LogP contribution in [0.15, 0.2) is 29.8 Å². The molecule has 0 saturated carbocycles. The fraction of sp³-hybridized carbons (Fsp3) is 0.312. The van der Waals surface area contributed by atoms with E-state index >= 15 is 0 Å². The van der Waals surface area contributed by atoms with Gasteiger partial charge >= 0.3 is 11.9 Å². The molecule has 0 fully saturated rings. The highest BCUT2D eigenvalue weighted by atomic mass is 16.5. The van der Waals surface area contributed by atoms with E-state index in [-0.39, 0.29) is 18.8 Å². The van der Waals surface area contributed by atoms with Gasteiger partial charge in [-0.1, -0.05) is 12.1 Å². The third kappa shape index (κ3) is 4.73. The average molecular weight is 306 g/mol. The van der Waals surface area contributed by atoms with Crippen molar-refractivity contribution in [2.45, 2.75) is 13.8 Å². The minimum absolute atomic E-state index is 0.0449. The highest BCUT2D eigenvalue weighted by Crippen LogP contribution is 2.15. The second-order valence-electron chi connectivity index (χ2n) is 4.10. The molecule has 0 unspecified atom stereocenters. The fourth-order valence-electron chi connectivity index (χ4n) is 1.60. The van der Waals surface area contributed by atoms with Crippen LogP contribution in [0.1, 0.15) is 19.4 Å². The Labute approximate surface area is 128 Å². The second-order valence-corrected chi connectivity index (χ2v) is 4.10. The summed E-state index contributed by atoms with van der Waals surface area (Å²) < 4.78 is 14.5. The molecule has 118 valence electrons. The molecule has 1 aromatic carbocycles. The summed E-state index contributed by atoms with van der Waals surface area (Å²) >= 11 is 0. The van der Waals surface area contributed by atoms with Gasteiger partial charge in [0.25, 0.3) is 5.78 Å². The molecule has 1 aromatic rings. The van der Waals surface area contributed by atoms with Crippen molar-refractivity contribution in [3.63, 3.8) is 0 Å². The Balaban J connectivity index is 3.12. The third-order valence-corrected chi connectivity index (χ3v) is 2.63. The standard InChI is InChI=1S/C16H18O6/c1-4-21-15(18)13(14(17)16(19)22-5-2)10-11-6-8-12(20-3)9-7-11/h6-10H,4-5H2,1-3H3. The smallest absolute Gasteiger partial charge is 0.379 e. The molecule has 0 aliphatic carbocycles. The summed E-state index contributed by atoms with van der Waals surface area (Å²) in [6.07, 6.45) is 1.29. The molecular formula is C16H18O6. The number of Topliss-reactive ketones (excluding diaryl/α,β-unsaturated/α-hetero) is 1. The van der Waals surface area contributed by atoms with Crippen molar-refractivity contribution in [2.75, 3.05) is 20.3 Å². The lowest BCUT2D eigenvalue weighted by molar-refractivity contribution is -0.153. The lowest BCUT2D eigenvalue weighted by Gasteiger charge is -2.06. The van der Waals surface area contributed by atoms with Gasteiger partial charge in [-0.15, -0.1) is 0 Å². The predicted octanol–water partition coefficient (Wildman–Crippen LogP) is 1.77. The first kappa shape index (κ1) is 17.4. The maximum absolute atomic E-state index is 12.0. The maximum Gasteiger partial charge on any atom is 0.379 e. The minimum atomic E-state index is -1.09. The van der Waals surface area contributed by atoms with Gasteiger partial charge in [-0.05, 0) is 37.6 Å². The van der Waals surface area contributed by atoms with Crippen molar-refractivity contribution in [3.8, 4) is 5.75 Å². The van der Waals surface area contributed by atoms with Gasteiger partial charge in [0.15, 0.2) is 0 Å². The quantitative estimate of drug-likeness (QED) is 0.251. The number of esters is 2. The monoisotopic (exact) mass is 306 g/mol. The molecule has 22 heavy (non-hydrogen) atoms. The van der Waals surface area contributed by atoms with E-state index in [0.29, 0.717) is 11.3 Å². The maximum atomic E-state index is 12.0. The molecular weight excluding hydrogens is 288 g/mol. The summed E-state index contributed by atoms with van der Waals surface area (Å²) in [4.78, 5) is 35.4. The topological polar surface area (TPSA) is 78.9 Å². The minimum Gasteiger partial charge on any atom is -0.497 e. The van der Waals surface area contributed by atoms with Crippen LogP contribution < -0.4 is 4.74 Å². The summed E-state index contributed by atoms with van der Waals surface area (Å²) in [5, 5.41) is 0. The van der Waals surface area contributed by atoms with Crippen molar-refractivity contribution in [3.05, 3.63) is 35.4 Å². The normalized spacial score (nSPS) is 10.8. The van der Waals surface area contributed by atoms with Gasteiger partial charge in [0.05, 0.1) is 20.3 Å². The average Bonchev–Trinajstić information content (AvgIpc) is 2.53. The van der Waals surface area contributed by atoms with Crippen molar-refractivity contribution < 1.29 is 28.6 Å². The number of benzene rings is 1. The van der Waals surface area contributed by atoms with Gasteiger partial charge in [0.2, 0.25) is 0 Å². The molecule has 0 atom stereocenters. The molecule has 0 bridgehead atoms. The van der Waals surface area contributed by atoms with Gasteiger partial charge in [-0.2, -0.15) is 0 Å². The number of rotatable bonds is 7. The molecule has 0 heterocycles. The van der Waals surface area contributed by atoms with Crippen LogP contribution in [0, 0.1) is 0 Å². The van der Waals surface area contributed by atoms with Crippen LogP contribution >= 0.6 is 0 Å². The summed E-state index contributed by atoms with van der Waals surface area (Å²) in [5.41, 5.74) is 0.187. The van der Waals surface area contributed by atoms with E-state index in [9.17, 15) is 14.4 Å². The number of hydrogen-bond donors (Lipinski definition) is 0. The SMILES string of the molecule is CCOC(=O)C(=O)C(=Cc1ccc(OC)cc1)C(=O)OCC. The van der Waals surface area contributed by atoms with Crippen LogP contribution in [0.25, 0.3) is 6.08 Å². The van der Waals surface area contributed by atoms with Crippen LogP contribution in [0.5, 0.6) is 5.75 Å². The van der Waals surface area contributed by atoms with E-state index in [2.05, 4.69) is 4.74 Å². The summed E-state index contributed by atoms with van der Waals surface area (Å²) in [6, 6.07) is 6.64. The van der Waals surface area contributed by atoms with Crippen LogP contribution in [-0.2, 0) is 23.9 Å². The zero-order chi connectivity index (χ0) is 16.5. The molecule has 1 rings (SSSR count). The Hall–Kier alpha value is -2.63. The molecule has 6 heteroatoms. The highest BCUT2D eigenvalue weighted by Gasteiger charge is 2.27. The molecule has 0 N–H and O–H groups in total. The van der Waals surface area contributed by atoms with Gasteiger partial charge in [-0.3, -0.25) is 4.79 Å². The van der Waals surface area contributed by atoms with Crippen molar-refractivity contribution >= 4 is 23.8 Å².